The Kier molecular flexibility index (Phi) is 5.38. The van der Waals surface area contributed by atoms with Crippen LogP contribution in [0.4, 0.5) is 0 Å². The lowest BCUT2D eigenvalue weighted by atomic mass is 9.78. The van der Waals surface area contributed by atoms with E-state index in [1.807, 2.05) is 11.7 Å². The van der Waals surface area contributed by atoms with Crippen molar-refractivity contribution in [2.75, 3.05) is 5.88 Å². The molecule has 0 saturated heterocycles. The molecule has 0 unspecified atom stereocenters. The van der Waals surface area contributed by atoms with Crippen LogP contribution in [0.1, 0.15) is 50.9 Å². The number of rotatable bonds is 5. The normalized spacial score (nSPS) is 26.9. The van der Waals surface area contributed by atoms with Crippen LogP contribution in [-0.4, -0.2) is 21.2 Å². The first-order valence-electron chi connectivity index (χ1n) is 7.52. The maximum absolute atomic E-state index is 6.40. The molecule has 1 saturated carbocycles. The molecule has 1 aromatic heterocycles. The van der Waals surface area contributed by atoms with Crippen molar-refractivity contribution in [2.45, 2.75) is 58.0 Å². The van der Waals surface area contributed by atoms with Crippen LogP contribution in [-0.2, 0) is 20.0 Å². The van der Waals surface area contributed by atoms with E-state index in [-0.39, 0.29) is 5.54 Å². The van der Waals surface area contributed by atoms with Gasteiger partial charge in [0.15, 0.2) is 0 Å². The van der Waals surface area contributed by atoms with E-state index < -0.39 is 0 Å². The molecule has 0 atom stereocenters. The Hall–Kier alpha value is -0.250. The lowest BCUT2D eigenvalue weighted by Gasteiger charge is -2.39. The first kappa shape index (κ1) is 16.1. The molecule has 1 heterocycles. The molecule has 0 aromatic carbocycles. The molecule has 0 bridgehead atoms. The van der Waals surface area contributed by atoms with Crippen molar-refractivity contribution >= 4 is 23.2 Å². The zero-order chi connectivity index (χ0) is 14.8. The molecule has 2 rings (SSSR count). The first-order chi connectivity index (χ1) is 9.51. The second kappa shape index (κ2) is 6.67. The number of alkyl halides is 1. The van der Waals surface area contributed by atoms with E-state index in [1.165, 1.54) is 12.8 Å². The summed E-state index contributed by atoms with van der Waals surface area (Å²) in [4.78, 5) is 0. The summed E-state index contributed by atoms with van der Waals surface area (Å²) in [6.45, 7) is 5.14. The van der Waals surface area contributed by atoms with Gasteiger partial charge in [0.25, 0.3) is 0 Å². The van der Waals surface area contributed by atoms with Gasteiger partial charge < -0.3 is 5.32 Å². The standard InChI is InChI=1S/C15H25Cl2N3/c1-4-12-14(17)13(20(3)19-12)9-18-15(10-16)7-5-11(2)6-8-15/h11,18H,4-10H2,1-3H3. The number of hydrogen-bond acceptors (Lipinski definition) is 2. The summed E-state index contributed by atoms with van der Waals surface area (Å²) in [5.74, 6) is 1.48. The maximum Gasteiger partial charge on any atom is 0.0863 e. The minimum Gasteiger partial charge on any atom is -0.304 e. The molecule has 5 heteroatoms. The molecule has 20 heavy (non-hydrogen) atoms. The summed E-state index contributed by atoms with van der Waals surface area (Å²) in [5, 5.41) is 8.93. The van der Waals surface area contributed by atoms with E-state index in [4.69, 9.17) is 23.2 Å². The summed E-state index contributed by atoms with van der Waals surface area (Å²) < 4.78 is 1.89. The van der Waals surface area contributed by atoms with Gasteiger partial charge in [0.2, 0.25) is 0 Å². The molecule has 1 aliphatic rings. The topological polar surface area (TPSA) is 29.9 Å². The van der Waals surface area contributed by atoms with Crippen molar-refractivity contribution < 1.29 is 0 Å². The van der Waals surface area contributed by atoms with Crippen LogP contribution in [0, 0.1) is 5.92 Å². The summed E-state index contributed by atoms with van der Waals surface area (Å²) in [6.07, 6.45) is 5.66. The van der Waals surface area contributed by atoms with Crippen LogP contribution >= 0.6 is 23.2 Å². The third kappa shape index (κ3) is 3.32. The molecule has 0 radical (unpaired) electrons. The number of halogens is 2. The Morgan fingerprint density at radius 2 is 2.05 bits per heavy atom. The van der Waals surface area contributed by atoms with Crippen LogP contribution in [0.5, 0.6) is 0 Å². The van der Waals surface area contributed by atoms with E-state index in [0.29, 0.717) is 5.88 Å². The highest BCUT2D eigenvalue weighted by Gasteiger charge is 2.33. The van der Waals surface area contributed by atoms with Crippen molar-refractivity contribution in [3.8, 4) is 0 Å². The van der Waals surface area contributed by atoms with Gasteiger partial charge in [-0.1, -0.05) is 25.4 Å². The predicted octanol–water partition coefficient (Wildman–Crippen LogP) is 3.91. The number of nitrogens with zero attached hydrogens (tertiary/aromatic N) is 2. The highest BCUT2D eigenvalue weighted by Crippen LogP contribution is 2.33. The Labute approximate surface area is 132 Å². The minimum absolute atomic E-state index is 0.0635. The van der Waals surface area contributed by atoms with Gasteiger partial charge in [0, 0.05) is 25.0 Å². The van der Waals surface area contributed by atoms with E-state index in [0.717, 1.165) is 48.1 Å². The Morgan fingerprint density at radius 3 is 2.55 bits per heavy atom. The predicted molar refractivity (Wildman–Crippen MR) is 85.5 cm³/mol. The van der Waals surface area contributed by atoms with Gasteiger partial charge >= 0.3 is 0 Å². The third-order valence-electron chi connectivity index (χ3n) is 4.62. The molecule has 1 fully saturated rings. The molecule has 0 aliphatic heterocycles. The lowest BCUT2D eigenvalue weighted by molar-refractivity contribution is 0.214. The first-order valence-corrected chi connectivity index (χ1v) is 8.44. The summed E-state index contributed by atoms with van der Waals surface area (Å²) >= 11 is 12.6. The molecule has 0 spiro atoms. The molecular formula is C15H25Cl2N3. The van der Waals surface area contributed by atoms with Crippen LogP contribution in [0.2, 0.25) is 5.02 Å². The maximum atomic E-state index is 6.40. The van der Waals surface area contributed by atoms with Gasteiger partial charge in [-0.05, 0) is 38.0 Å². The zero-order valence-electron chi connectivity index (χ0n) is 12.7. The van der Waals surface area contributed by atoms with Crippen LogP contribution < -0.4 is 5.32 Å². The molecule has 0 amide bonds. The second-order valence-electron chi connectivity index (χ2n) is 6.13. The fourth-order valence-corrected chi connectivity index (χ4v) is 3.68. The zero-order valence-corrected chi connectivity index (χ0v) is 14.2. The average Bonchev–Trinajstić information content (AvgIpc) is 2.73. The largest absolute Gasteiger partial charge is 0.304 e. The Bertz CT molecular complexity index is 448. The van der Waals surface area contributed by atoms with Gasteiger partial charge in [0.1, 0.15) is 0 Å². The van der Waals surface area contributed by atoms with Crippen molar-refractivity contribution in [1.82, 2.24) is 15.1 Å². The average molecular weight is 318 g/mol. The van der Waals surface area contributed by atoms with E-state index in [1.54, 1.807) is 0 Å². The SMILES string of the molecule is CCc1nn(C)c(CNC2(CCl)CCC(C)CC2)c1Cl. The van der Waals surface area contributed by atoms with Gasteiger partial charge in [-0.25, -0.2) is 0 Å². The van der Waals surface area contributed by atoms with Gasteiger partial charge in [-0.15, -0.1) is 11.6 Å². The Morgan fingerprint density at radius 1 is 1.40 bits per heavy atom. The van der Waals surface area contributed by atoms with E-state index >= 15 is 0 Å². The number of aryl methyl sites for hydroxylation is 2. The highest BCUT2D eigenvalue weighted by molar-refractivity contribution is 6.31. The van der Waals surface area contributed by atoms with Crippen LogP contribution in [0.25, 0.3) is 0 Å². The molecule has 3 nitrogen and oxygen atoms in total. The summed E-state index contributed by atoms with van der Waals surface area (Å²) in [6, 6.07) is 0. The van der Waals surface area contributed by atoms with E-state index in [9.17, 15) is 0 Å². The third-order valence-corrected chi connectivity index (χ3v) is 5.57. The molecule has 1 aromatic rings. The van der Waals surface area contributed by atoms with Gasteiger partial charge in [0.05, 0.1) is 16.4 Å². The summed E-state index contributed by atoms with van der Waals surface area (Å²) in [5.41, 5.74) is 2.10. The van der Waals surface area contributed by atoms with Crippen molar-refractivity contribution in [3.05, 3.63) is 16.4 Å². The quantitative estimate of drug-likeness (QED) is 0.834. The van der Waals surface area contributed by atoms with Crippen molar-refractivity contribution in [1.29, 1.82) is 0 Å². The fraction of sp³-hybridized carbons (Fsp3) is 0.800. The number of nitrogens with one attached hydrogen (secondary N) is 1. The van der Waals surface area contributed by atoms with Crippen LogP contribution in [0.15, 0.2) is 0 Å². The number of aromatic nitrogens is 2. The smallest absolute Gasteiger partial charge is 0.0863 e. The van der Waals surface area contributed by atoms with Crippen molar-refractivity contribution in [3.63, 3.8) is 0 Å². The minimum atomic E-state index is 0.0635. The highest BCUT2D eigenvalue weighted by atomic mass is 35.5. The van der Waals surface area contributed by atoms with E-state index in [2.05, 4.69) is 24.3 Å². The Balaban J connectivity index is 2.05. The summed E-state index contributed by atoms with van der Waals surface area (Å²) in [7, 11) is 1.96. The van der Waals surface area contributed by atoms with Crippen molar-refractivity contribution in [2.24, 2.45) is 13.0 Å². The second-order valence-corrected chi connectivity index (χ2v) is 6.78. The van der Waals surface area contributed by atoms with Gasteiger partial charge in [-0.3, -0.25) is 4.68 Å². The van der Waals surface area contributed by atoms with Gasteiger partial charge in [-0.2, -0.15) is 5.10 Å². The molecule has 1 N–H and O–H groups in total. The molecule has 1 aliphatic carbocycles. The van der Waals surface area contributed by atoms with Crippen LogP contribution in [0.3, 0.4) is 0 Å². The fourth-order valence-electron chi connectivity index (χ4n) is 2.96. The number of hydrogen-bond donors (Lipinski definition) is 1. The molecular weight excluding hydrogens is 293 g/mol. The monoisotopic (exact) mass is 317 g/mol. The lowest BCUT2D eigenvalue weighted by Crippen LogP contribution is -2.49. The molecule has 114 valence electrons.